The molecule has 0 spiro atoms. The third-order valence-electron chi connectivity index (χ3n) is 5.29. The van der Waals surface area contributed by atoms with Crippen LogP contribution in [0.3, 0.4) is 0 Å². The van der Waals surface area contributed by atoms with E-state index in [1.54, 1.807) is 43.5 Å². The van der Waals surface area contributed by atoms with Crippen molar-refractivity contribution in [1.29, 1.82) is 0 Å². The summed E-state index contributed by atoms with van der Waals surface area (Å²) in [6.07, 6.45) is 0.222. The van der Waals surface area contributed by atoms with Crippen LogP contribution in [0.2, 0.25) is 0 Å². The maximum Gasteiger partial charge on any atom is 0.324 e. The summed E-state index contributed by atoms with van der Waals surface area (Å²) in [7, 11) is 3.08. The molecular weight excluding hydrogens is 414 g/mol. The first kappa shape index (κ1) is 23.1. The number of benzene rings is 2. The van der Waals surface area contributed by atoms with Crippen LogP contribution in [-0.4, -0.2) is 61.3 Å². The predicted molar refractivity (Wildman–Crippen MR) is 116 cm³/mol. The summed E-state index contributed by atoms with van der Waals surface area (Å²) in [5.41, 5.74) is 1.62. The van der Waals surface area contributed by atoms with E-state index in [1.807, 2.05) is 12.1 Å². The van der Waals surface area contributed by atoms with Gasteiger partial charge in [0, 0.05) is 6.54 Å². The Hall–Kier alpha value is -3.59. The standard InChI is InChI=1S/C23H27N3O6/c1-31-19-9-8-15(12-20(19)32-2)10-11-26-22(29)17(25-23(26)30)13-21(28)24-18(14-27)16-6-4-3-5-7-16/h3-9,12,17-18,27H,10-11,13-14H2,1-2H3,(H,24,28)(H,25,30)/t17-,18+/m0/s1. The summed E-state index contributed by atoms with van der Waals surface area (Å²) in [6.45, 7) is -0.111. The van der Waals surface area contributed by atoms with Crippen LogP contribution in [0.5, 0.6) is 11.5 Å². The highest BCUT2D eigenvalue weighted by Gasteiger charge is 2.38. The summed E-state index contributed by atoms with van der Waals surface area (Å²) >= 11 is 0. The summed E-state index contributed by atoms with van der Waals surface area (Å²) in [5, 5.41) is 14.9. The number of carbonyl (C=O) groups is 3. The number of rotatable bonds is 10. The normalized spacial score (nSPS) is 16.5. The van der Waals surface area contributed by atoms with Crippen LogP contribution in [0.1, 0.15) is 23.6 Å². The molecule has 0 unspecified atom stereocenters. The number of nitrogens with zero attached hydrogens (tertiary/aromatic N) is 1. The van der Waals surface area contributed by atoms with Crippen LogP contribution in [0.15, 0.2) is 48.5 Å². The molecule has 0 aromatic heterocycles. The number of amides is 4. The number of aliphatic hydroxyl groups is 1. The molecule has 2 aromatic rings. The Morgan fingerprint density at radius 2 is 1.84 bits per heavy atom. The number of aliphatic hydroxyl groups excluding tert-OH is 1. The van der Waals surface area contributed by atoms with Gasteiger partial charge in [-0.1, -0.05) is 36.4 Å². The van der Waals surface area contributed by atoms with Crippen molar-refractivity contribution >= 4 is 17.8 Å². The molecular formula is C23H27N3O6. The number of carbonyl (C=O) groups excluding carboxylic acids is 3. The molecule has 2 atom stereocenters. The van der Waals surface area contributed by atoms with Crippen LogP contribution in [-0.2, 0) is 16.0 Å². The van der Waals surface area contributed by atoms with Gasteiger partial charge in [0.1, 0.15) is 6.04 Å². The van der Waals surface area contributed by atoms with Gasteiger partial charge in [-0.15, -0.1) is 0 Å². The van der Waals surface area contributed by atoms with Gasteiger partial charge >= 0.3 is 6.03 Å². The highest BCUT2D eigenvalue weighted by Crippen LogP contribution is 2.28. The zero-order chi connectivity index (χ0) is 23.1. The van der Waals surface area contributed by atoms with Crippen LogP contribution in [0.25, 0.3) is 0 Å². The van der Waals surface area contributed by atoms with Crippen LogP contribution >= 0.6 is 0 Å². The molecule has 0 radical (unpaired) electrons. The average molecular weight is 441 g/mol. The molecule has 3 N–H and O–H groups in total. The number of hydrogen-bond acceptors (Lipinski definition) is 6. The lowest BCUT2D eigenvalue weighted by Gasteiger charge is -2.18. The third-order valence-corrected chi connectivity index (χ3v) is 5.29. The fourth-order valence-corrected chi connectivity index (χ4v) is 3.56. The lowest BCUT2D eigenvalue weighted by molar-refractivity contribution is -0.131. The van der Waals surface area contributed by atoms with Crippen LogP contribution in [0.4, 0.5) is 4.79 Å². The molecule has 0 aliphatic carbocycles. The Kier molecular flexibility index (Phi) is 7.67. The lowest BCUT2D eigenvalue weighted by Crippen LogP contribution is -2.38. The van der Waals surface area contributed by atoms with Crippen LogP contribution in [0, 0.1) is 0 Å². The first-order valence-corrected chi connectivity index (χ1v) is 10.2. The first-order chi connectivity index (χ1) is 15.5. The molecule has 9 heteroatoms. The minimum atomic E-state index is -0.942. The minimum absolute atomic E-state index is 0.168. The van der Waals surface area contributed by atoms with Crippen molar-refractivity contribution in [2.45, 2.75) is 24.9 Å². The van der Waals surface area contributed by atoms with E-state index in [4.69, 9.17) is 9.47 Å². The lowest BCUT2D eigenvalue weighted by atomic mass is 10.1. The number of urea groups is 1. The van der Waals surface area contributed by atoms with Crippen molar-refractivity contribution in [2.24, 2.45) is 0 Å². The molecule has 4 amide bonds. The molecule has 0 bridgehead atoms. The number of imide groups is 1. The van der Waals surface area contributed by atoms with E-state index in [-0.39, 0.29) is 19.6 Å². The van der Waals surface area contributed by atoms with Gasteiger partial charge in [-0.05, 0) is 29.7 Å². The topological polar surface area (TPSA) is 117 Å². The van der Waals surface area contributed by atoms with Gasteiger partial charge in [-0.25, -0.2) is 4.79 Å². The molecule has 1 heterocycles. The average Bonchev–Trinajstić information content (AvgIpc) is 3.08. The number of hydrogen-bond donors (Lipinski definition) is 3. The summed E-state index contributed by atoms with van der Waals surface area (Å²) < 4.78 is 10.5. The van der Waals surface area contributed by atoms with Gasteiger partial charge in [-0.3, -0.25) is 14.5 Å². The summed E-state index contributed by atoms with van der Waals surface area (Å²) in [6, 6.07) is 12.4. The molecule has 1 aliphatic heterocycles. The van der Waals surface area contributed by atoms with Gasteiger partial charge in [0.15, 0.2) is 11.5 Å². The van der Waals surface area contributed by atoms with Crippen molar-refractivity contribution in [3.05, 3.63) is 59.7 Å². The first-order valence-electron chi connectivity index (χ1n) is 10.2. The highest BCUT2D eigenvalue weighted by molar-refractivity contribution is 6.05. The zero-order valence-electron chi connectivity index (χ0n) is 18.0. The fraction of sp³-hybridized carbons (Fsp3) is 0.348. The van der Waals surface area contributed by atoms with E-state index >= 15 is 0 Å². The van der Waals surface area contributed by atoms with Crippen molar-refractivity contribution in [1.82, 2.24) is 15.5 Å². The van der Waals surface area contributed by atoms with E-state index < -0.39 is 29.9 Å². The maximum absolute atomic E-state index is 12.7. The van der Waals surface area contributed by atoms with Gasteiger partial charge in [-0.2, -0.15) is 0 Å². The third kappa shape index (κ3) is 5.36. The van der Waals surface area contributed by atoms with E-state index in [1.165, 1.54) is 7.11 Å². The van der Waals surface area contributed by atoms with Crippen molar-refractivity contribution in [3.63, 3.8) is 0 Å². The Bertz CT molecular complexity index is 965. The molecule has 3 rings (SSSR count). The molecule has 1 saturated heterocycles. The largest absolute Gasteiger partial charge is 0.493 e. The Labute approximate surface area is 186 Å². The Balaban J connectivity index is 1.56. The minimum Gasteiger partial charge on any atom is -0.493 e. The fourth-order valence-electron chi connectivity index (χ4n) is 3.56. The SMILES string of the molecule is COc1ccc(CCN2C(=O)N[C@@H](CC(=O)N[C@H](CO)c3ccccc3)C2=O)cc1OC. The van der Waals surface area contributed by atoms with Gasteiger partial charge in [0.05, 0.1) is 33.3 Å². The molecule has 1 fully saturated rings. The van der Waals surface area contributed by atoms with Crippen LogP contribution < -0.4 is 20.1 Å². The zero-order valence-corrected chi connectivity index (χ0v) is 18.0. The van der Waals surface area contributed by atoms with Crippen molar-refractivity contribution in [2.75, 3.05) is 27.4 Å². The van der Waals surface area contributed by atoms with Gasteiger partial charge in [0.2, 0.25) is 5.91 Å². The second-order valence-corrected chi connectivity index (χ2v) is 7.35. The molecule has 0 saturated carbocycles. The maximum atomic E-state index is 12.7. The molecule has 1 aliphatic rings. The monoisotopic (exact) mass is 441 g/mol. The number of nitrogens with one attached hydrogen (secondary N) is 2. The summed E-state index contributed by atoms with van der Waals surface area (Å²) in [5.74, 6) is 0.266. The highest BCUT2D eigenvalue weighted by atomic mass is 16.5. The van der Waals surface area contributed by atoms with E-state index in [0.717, 1.165) is 16.0 Å². The van der Waals surface area contributed by atoms with E-state index in [0.29, 0.717) is 17.9 Å². The van der Waals surface area contributed by atoms with E-state index in [9.17, 15) is 19.5 Å². The second-order valence-electron chi connectivity index (χ2n) is 7.35. The Morgan fingerprint density at radius 1 is 1.12 bits per heavy atom. The van der Waals surface area contributed by atoms with E-state index in [2.05, 4.69) is 10.6 Å². The molecule has 9 nitrogen and oxygen atoms in total. The second kappa shape index (κ2) is 10.6. The summed E-state index contributed by atoms with van der Waals surface area (Å²) in [4.78, 5) is 38.5. The van der Waals surface area contributed by atoms with Gasteiger partial charge in [0.25, 0.3) is 5.91 Å². The number of methoxy groups -OCH3 is 2. The van der Waals surface area contributed by atoms with Gasteiger partial charge < -0.3 is 25.2 Å². The smallest absolute Gasteiger partial charge is 0.324 e. The molecule has 170 valence electrons. The predicted octanol–water partition coefficient (Wildman–Crippen LogP) is 1.41. The van der Waals surface area contributed by atoms with Crippen molar-refractivity contribution in [3.8, 4) is 11.5 Å². The molecule has 2 aromatic carbocycles. The molecule has 32 heavy (non-hydrogen) atoms. The Morgan fingerprint density at radius 3 is 2.50 bits per heavy atom. The van der Waals surface area contributed by atoms with Crippen molar-refractivity contribution < 1.29 is 29.0 Å². The number of ether oxygens (including phenoxy) is 2. The quantitative estimate of drug-likeness (QED) is 0.480.